The Morgan fingerprint density at radius 1 is 1.25 bits per heavy atom. The summed E-state index contributed by atoms with van der Waals surface area (Å²) < 4.78 is 26.4. The van der Waals surface area contributed by atoms with Crippen LogP contribution in [0.15, 0.2) is 23.1 Å². The van der Waals surface area contributed by atoms with Crippen molar-refractivity contribution in [1.29, 1.82) is 0 Å². The first kappa shape index (κ1) is 16.7. The van der Waals surface area contributed by atoms with Crippen LogP contribution < -0.4 is 0 Å². The number of hydrogen-bond acceptors (Lipinski definition) is 3. The Kier molecular flexibility index (Phi) is 4.61. The van der Waals surface area contributed by atoms with Gasteiger partial charge in [-0.2, -0.15) is 4.31 Å². The second kappa shape index (κ2) is 5.54. The fourth-order valence-corrected chi connectivity index (χ4v) is 3.96. The monoisotopic (exact) mass is 299 g/mol. The fraction of sp³-hybridized carbons (Fsp3) is 0.500. The molecule has 0 aliphatic heterocycles. The van der Waals surface area contributed by atoms with Gasteiger partial charge < -0.3 is 5.11 Å². The van der Waals surface area contributed by atoms with Gasteiger partial charge in [0.2, 0.25) is 10.0 Å². The molecule has 20 heavy (non-hydrogen) atoms. The number of nitrogens with zero attached hydrogens (tertiary/aromatic N) is 1. The first-order valence-electron chi connectivity index (χ1n) is 6.28. The average Bonchev–Trinajstić information content (AvgIpc) is 2.23. The highest BCUT2D eigenvalue weighted by Gasteiger charge is 2.36. The van der Waals surface area contributed by atoms with Crippen LogP contribution in [-0.4, -0.2) is 35.9 Å². The summed E-state index contributed by atoms with van der Waals surface area (Å²) >= 11 is 0. The Morgan fingerprint density at radius 3 is 2.20 bits per heavy atom. The van der Waals surface area contributed by atoms with Crippen LogP contribution in [0.25, 0.3) is 0 Å². The number of carboxylic acids is 1. The van der Waals surface area contributed by atoms with E-state index in [0.717, 1.165) is 9.87 Å². The first-order chi connectivity index (χ1) is 8.96. The number of carbonyl (C=O) groups is 1. The molecule has 6 heteroatoms. The third-order valence-corrected chi connectivity index (χ3v) is 5.20. The van der Waals surface area contributed by atoms with Crippen LogP contribution in [0.5, 0.6) is 0 Å². The van der Waals surface area contributed by atoms with Crippen LogP contribution in [0.1, 0.15) is 31.9 Å². The normalized spacial score (nSPS) is 12.7. The maximum Gasteiger partial charge on any atom is 0.318 e. The maximum absolute atomic E-state index is 12.7. The summed E-state index contributed by atoms with van der Waals surface area (Å²) in [6.45, 7) is 8.06. The quantitative estimate of drug-likeness (QED) is 0.924. The molecule has 112 valence electrons. The molecular weight excluding hydrogens is 278 g/mol. The van der Waals surface area contributed by atoms with Crippen molar-refractivity contribution in [1.82, 2.24) is 4.31 Å². The molecule has 1 aromatic carbocycles. The zero-order chi connectivity index (χ0) is 15.7. The van der Waals surface area contributed by atoms with Crippen molar-refractivity contribution < 1.29 is 18.3 Å². The van der Waals surface area contributed by atoms with E-state index in [0.29, 0.717) is 5.56 Å². The summed E-state index contributed by atoms with van der Waals surface area (Å²) in [4.78, 5) is 11.1. The summed E-state index contributed by atoms with van der Waals surface area (Å²) in [5.74, 6) is -1.17. The molecule has 0 aromatic heterocycles. The summed E-state index contributed by atoms with van der Waals surface area (Å²) in [7, 11) is -3.85. The molecule has 0 aliphatic carbocycles. The van der Waals surface area contributed by atoms with Crippen molar-refractivity contribution in [3.8, 4) is 0 Å². The maximum atomic E-state index is 12.7. The Balaban J connectivity index is 3.40. The molecule has 5 nitrogen and oxygen atoms in total. The van der Waals surface area contributed by atoms with Gasteiger partial charge in [0.25, 0.3) is 0 Å². The van der Waals surface area contributed by atoms with Gasteiger partial charge in [-0.15, -0.1) is 0 Å². The van der Waals surface area contributed by atoms with E-state index in [1.807, 2.05) is 6.92 Å². The van der Waals surface area contributed by atoms with Crippen molar-refractivity contribution in [3.05, 3.63) is 29.3 Å². The number of benzene rings is 1. The molecule has 0 bridgehead atoms. The van der Waals surface area contributed by atoms with Gasteiger partial charge in [0.1, 0.15) is 6.54 Å². The lowest BCUT2D eigenvalue weighted by atomic mass is 10.1. The molecule has 0 saturated carbocycles. The lowest BCUT2D eigenvalue weighted by Crippen LogP contribution is -2.48. The Hall–Kier alpha value is -1.40. The zero-order valence-electron chi connectivity index (χ0n) is 12.5. The third-order valence-electron chi connectivity index (χ3n) is 2.93. The number of sulfonamides is 1. The van der Waals surface area contributed by atoms with Crippen LogP contribution in [0.3, 0.4) is 0 Å². The minimum atomic E-state index is -3.85. The van der Waals surface area contributed by atoms with E-state index in [1.165, 1.54) is 6.07 Å². The van der Waals surface area contributed by atoms with Crippen LogP contribution in [0.4, 0.5) is 0 Å². The van der Waals surface area contributed by atoms with E-state index in [1.54, 1.807) is 39.8 Å². The minimum absolute atomic E-state index is 0.152. The lowest BCUT2D eigenvalue weighted by molar-refractivity contribution is -0.138. The van der Waals surface area contributed by atoms with Crippen molar-refractivity contribution in [2.45, 2.75) is 45.1 Å². The standard InChI is InChI=1S/C14H21NO4S/c1-10-6-7-12(11(2)8-10)20(18,19)15(9-13(16)17)14(3,4)5/h6-8H,9H2,1-5H3,(H,16,17). The Bertz CT molecular complexity index is 615. The highest BCUT2D eigenvalue weighted by molar-refractivity contribution is 7.89. The molecular formula is C14H21NO4S. The molecule has 1 N–H and O–H groups in total. The molecule has 0 heterocycles. The SMILES string of the molecule is Cc1ccc(S(=O)(=O)N(CC(=O)O)C(C)(C)C)c(C)c1. The van der Waals surface area contributed by atoms with Crippen molar-refractivity contribution in [3.63, 3.8) is 0 Å². The van der Waals surface area contributed by atoms with Gasteiger partial charge in [0.15, 0.2) is 0 Å². The first-order valence-corrected chi connectivity index (χ1v) is 7.72. The van der Waals surface area contributed by atoms with Gasteiger partial charge in [-0.1, -0.05) is 17.7 Å². The summed E-state index contributed by atoms with van der Waals surface area (Å²) in [6, 6.07) is 5.01. The molecule has 0 spiro atoms. The number of aliphatic carboxylic acids is 1. The largest absolute Gasteiger partial charge is 0.480 e. The number of aryl methyl sites for hydroxylation is 2. The number of rotatable bonds is 4. The average molecular weight is 299 g/mol. The van der Waals surface area contributed by atoms with Crippen LogP contribution in [-0.2, 0) is 14.8 Å². The van der Waals surface area contributed by atoms with Crippen molar-refractivity contribution >= 4 is 16.0 Å². The molecule has 0 radical (unpaired) electrons. The zero-order valence-corrected chi connectivity index (χ0v) is 13.3. The van der Waals surface area contributed by atoms with Crippen molar-refractivity contribution in [2.75, 3.05) is 6.54 Å². The Morgan fingerprint density at radius 2 is 1.80 bits per heavy atom. The van der Waals surface area contributed by atoms with Crippen LogP contribution in [0.2, 0.25) is 0 Å². The number of carboxylic acid groups (broad SMARTS) is 1. The molecule has 0 fully saturated rings. The predicted molar refractivity (Wildman–Crippen MR) is 77.2 cm³/mol. The van der Waals surface area contributed by atoms with E-state index < -0.39 is 28.1 Å². The van der Waals surface area contributed by atoms with Crippen LogP contribution in [0, 0.1) is 13.8 Å². The van der Waals surface area contributed by atoms with Gasteiger partial charge in [-0.05, 0) is 46.2 Å². The van der Waals surface area contributed by atoms with Crippen molar-refractivity contribution in [2.24, 2.45) is 0 Å². The van der Waals surface area contributed by atoms with E-state index >= 15 is 0 Å². The molecule has 0 amide bonds. The highest BCUT2D eigenvalue weighted by atomic mass is 32.2. The van der Waals surface area contributed by atoms with E-state index in [4.69, 9.17) is 5.11 Å². The topological polar surface area (TPSA) is 74.7 Å². The molecule has 0 atom stereocenters. The summed E-state index contributed by atoms with van der Waals surface area (Å²) in [5.41, 5.74) is 0.765. The minimum Gasteiger partial charge on any atom is -0.480 e. The summed E-state index contributed by atoms with van der Waals surface area (Å²) in [6.07, 6.45) is 0. The number of hydrogen-bond donors (Lipinski definition) is 1. The Labute approximate surface area is 120 Å². The van der Waals surface area contributed by atoms with Crippen LogP contribution >= 0.6 is 0 Å². The van der Waals surface area contributed by atoms with Gasteiger partial charge in [0.05, 0.1) is 4.90 Å². The lowest BCUT2D eigenvalue weighted by Gasteiger charge is -2.33. The van der Waals surface area contributed by atoms with Gasteiger partial charge in [0, 0.05) is 5.54 Å². The molecule has 1 aromatic rings. The van der Waals surface area contributed by atoms with Gasteiger partial charge in [-0.25, -0.2) is 8.42 Å². The second-order valence-electron chi connectivity index (χ2n) is 5.85. The molecule has 0 aliphatic rings. The highest BCUT2D eigenvalue weighted by Crippen LogP contribution is 2.26. The second-order valence-corrected chi connectivity index (χ2v) is 7.68. The van der Waals surface area contributed by atoms with Gasteiger partial charge >= 0.3 is 5.97 Å². The molecule has 0 unspecified atom stereocenters. The van der Waals surface area contributed by atoms with E-state index in [9.17, 15) is 13.2 Å². The fourth-order valence-electron chi connectivity index (χ4n) is 2.01. The van der Waals surface area contributed by atoms with Gasteiger partial charge in [-0.3, -0.25) is 4.79 Å². The van der Waals surface area contributed by atoms with E-state index in [2.05, 4.69) is 0 Å². The molecule has 1 rings (SSSR count). The summed E-state index contributed by atoms with van der Waals surface area (Å²) in [5, 5.41) is 8.96. The smallest absolute Gasteiger partial charge is 0.318 e. The van der Waals surface area contributed by atoms with E-state index in [-0.39, 0.29) is 4.90 Å². The predicted octanol–water partition coefficient (Wildman–Crippen LogP) is 2.18. The third kappa shape index (κ3) is 3.58. The molecule has 0 saturated heterocycles.